The van der Waals surface area contributed by atoms with Crippen LogP contribution in [-0.4, -0.2) is 27.6 Å². The number of carboxylic acids is 1. The van der Waals surface area contributed by atoms with Crippen LogP contribution >= 0.6 is 0 Å². The van der Waals surface area contributed by atoms with Crippen LogP contribution in [0.2, 0.25) is 0 Å². The lowest BCUT2D eigenvalue weighted by Gasteiger charge is -2.60. The summed E-state index contributed by atoms with van der Waals surface area (Å²) in [5.74, 6) is 1.12. The summed E-state index contributed by atoms with van der Waals surface area (Å²) in [6.07, 6.45) is 14.7. The van der Waals surface area contributed by atoms with Crippen LogP contribution in [0.3, 0.4) is 0 Å². The Morgan fingerprint density at radius 1 is 1.27 bits per heavy atom. The number of hydrogen-bond donors (Lipinski definition) is 2. The van der Waals surface area contributed by atoms with Crippen molar-refractivity contribution in [2.24, 2.45) is 34.5 Å². The molecule has 30 heavy (non-hydrogen) atoms. The lowest BCUT2D eigenvalue weighted by atomic mass is 9.44. The molecule has 0 aromatic heterocycles. The third kappa shape index (κ3) is 3.14. The van der Waals surface area contributed by atoms with E-state index in [9.17, 15) is 19.8 Å². The molecule has 0 radical (unpaired) electrons. The van der Waals surface area contributed by atoms with Gasteiger partial charge < -0.3 is 10.2 Å². The largest absolute Gasteiger partial charge is 0.481 e. The van der Waals surface area contributed by atoms with E-state index in [2.05, 4.69) is 26.5 Å². The maximum atomic E-state index is 12.1. The van der Waals surface area contributed by atoms with Gasteiger partial charge >= 0.3 is 5.97 Å². The number of rotatable bonds is 6. The van der Waals surface area contributed by atoms with Gasteiger partial charge in [-0.2, -0.15) is 0 Å². The molecule has 0 heterocycles. The average molecular weight is 413 g/mol. The number of hydrogen-bond acceptors (Lipinski definition) is 3. The van der Waals surface area contributed by atoms with Gasteiger partial charge in [-0.1, -0.05) is 31.6 Å². The Kier molecular flexibility index (Phi) is 5.37. The standard InChI is InChI=1S/C26H36O4/c1-4-5-6-17-15-18-16-19(27)7-11-24(18,2)20-8-12-25(3)21(23(17)20)9-13-26(25,30)14-10-22(28)29/h4,7,11,16-17,20-21,23,30H,1,5-6,8-10,12-15H2,2-3H3,(H,28,29)/t17-,20+,21+,23-,24+,25+,26-/m1/s1. The molecule has 4 heteroatoms. The third-order valence-electron chi connectivity index (χ3n) is 9.55. The van der Waals surface area contributed by atoms with Crippen LogP contribution in [0.5, 0.6) is 0 Å². The first kappa shape index (κ1) is 21.5. The third-order valence-corrected chi connectivity index (χ3v) is 9.55. The highest BCUT2D eigenvalue weighted by Crippen LogP contribution is 2.69. The predicted octanol–water partition coefficient (Wildman–Crippen LogP) is 5.08. The molecule has 3 fully saturated rings. The van der Waals surface area contributed by atoms with Gasteiger partial charge in [0, 0.05) is 11.8 Å². The minimum absolute atomic E-state index is 0.0300. The minimum atomic E-state index is -0.889. The Bertz CT molecular complexity index is 810. The van der Waals surface area contributed by atoms with Crippen LogP contribution in [0, 0.1) is 34.5 Å². The molecule has 4 aliphatic rings. The van der Waals surface area contributed by atoms with Crippen molar-refractivity contribution in [1.82, 2.24) is 0 Å². The number of carboxylic acid groups (broad SMARTS) is 1. The molecule has 4 rings (SSSR count). The number of aliphatic hydroxyl groups is 1. The van der Waals surface area contributed by atoms with Gasteiger partial charge in [-0.05, 0) is 92.6 Å². The molecule has 3 saturated carbocycles. The first-order valence-corrected chi connectivity index (χ1v) is 11.6. The zero-order valence-corrected chi connectivity index (χ0v) is 18.4. The van der Waals surface area contributed by atoms with E-state index in [1.165, 1.54) is 5.57 Å². The van der Waals surface area contributed by atoms with E-state index >= 15 is 0 Å². The number of ketones is 1. The average Bonchev–Trinajstić information content (AvgIpc) is 2.97. The normalized spacial score (nSPS) is 44.6. The van der Waals surface area contributed by atoms with Crippen molar-refractivity contribution in [3.63, 3.8) is 0 Å². The van der Waals surface area contributed by atoms with Crippen molar-refractivity contribution in [3.8, 4) is 0 Å². The Morgan fingerprint density at radius 2 is 2.00 bits per heavy atom. The highest BCUT2D eigenvalue weighted by Gasteiger charge is 2.64. The predicted molar refractivity (Wildman–Crippen MR) is 117 cm³/mol. The molecule has 4 aliphatic carbocycles. The molecular weight excluding hydrogens is 376 g/mol. The summed E-state index contributed by atoms with van der Waals surface area (Å²) in [4.78, 5) is 23.4. The quantitative estimate of drug-likeness (QED) is 0.597. The van der Waals surface area contributed by atoms with Crippen molar-refractivity contribution in [2.75, 3.05) is 0 Å². The number of carbonyl (C=O) groups excluding carboxylic acids is 1. The van der Waals surface area contributed by atoms with Crippen LogP contribution in [0.15, 0.2) is 36.5 Å². The van der Waals surface area contributed by atoms with Gasteiger partial charge in [-0.15, -0.1) is 6.58 Å². The molecule has 0 unspecified atom stereocenters. The number of allylic oxidation sites excluding steroid dienone is 5. The fourth-order valence-electron chi connectivity index (χ4n) is 7.81. The van der Waals surface area contributed by atoms with Gasteiger partial charge in [0.25, 0.3) is 0 Å². The summed E-state index contributed by atoms with van der Waals surface area (Å²) >= 11 is 0. The monoisotopic (exact) mass is 412 g/mol. The molecule has 164 valence electrons. The fourth-order valence-corrected chi connectivity index (χ4v) is 7.81. The van der Waals surface area contributed by atoms with Crippen molar-refractivity contribution < 1.29 is 19.8 Å². The van der Waals surface area contributed by atoms with Crippen LogP contribution in [0.1, 0.15) is 71.6 Å². The van der Waals surface area contributed by atoms with Gasteiger partial charge in [-0.25, -0.2) is 0 Å². The molecule has 0 saturated heterocycles. The summed E-state index contributed by atoms with van der Waals surface area (Å²) in [6.45, 7) is 8.45. The van der Waals surface area contributed by atoms with Gasteiger partial charge in [0.15, 0.2) is 5.78 Å². The highest BCUT2D eigenvalue weighted by atomic mass is 16.4. The molecule has 0 amide bonds. The van der Waals surface area contributed by atoms with Gasteiger partial charge in [-0.3, -0.25) is 9.59 Å². The van der Waals surface area contributed by atoms with Gasteiger partial charge in [0.05, 0.1) is 5.60 Å². The van der Waals surface area contributed by atoms with E-state index in [1.54, 1.807) is 6.08 Å². The summed E-state index contributed by atoms with van der Waals surface area (Å²) in [7, 11) is 0. The Hall–Kier alpha value is -1.68. The van der Waals surface area contributed by atoms with Gasteiger partial charge in [0.1, 0.15) is 0 Å². The Balaban J connectivity index is 1.70. The first-order chi connectivity index (χ1) is 14.1. The minimum Gasteiger partial charge on any atom is -0.481 e. The molecule has 0 aromatic rings. The summed E-state index contributed by atoms with van der Waals surface area (Å²) in [5.41, 5.74) is 0.0844. The van der Waals surface area contributed by atoms with E-state index < -0.39 is 11.6 Å². The maximum Gasteiger partial charge on any atom is 0.303 e. The van der Waals surface area contributed by atoms with Crippen LogP contribution in [0.25, 0.3) is 0 Å². The van der Waals surface area contributed by atoms with Crippen molar-refractivity contribution >= 4 is 11.8 Å². The van der Waals surface area contributed by atoms with E-state index in [0.29, 0.717) is 36.5 Å². The molecule has 0 aliphatic heterocycles. The summed E-state index contributed by atoms with van der Waals surface area (Å²) < 4.78 is 0. The van der Waals surface area contributed by atoms with Crippen LogP contribution < -0.4 is 0 Å². The number of fused-ring (bicyclic) bond motifs is 5. The zero-order chi connectivity index (χ0) is 21.7. The molecule has 0 spiro atoms. The van der Waals surface area contributed by atoms with Crippen LogP contribution in [-0.2, 0) is 9.59 Å². The maximum absolute atomic E-state index is 12.1. The fraction of sp³-hybridized carbons (Fsp3) is 0.692. The van der Waals surface area contributed by atoms with E-state index in [4.69, 9.17) is 0 Å². The molecule has 7 atom stereocenters. The smallest absolute Gasteiger partial charge is 0.303 e. The first-order valence-electron chi connectivity index (χ1n) is 11.6. The SMILES string of the molecule is C=CCC[C@@H]1CC2=CC(=O)C=C[C@]2(C)[C@H]2CC[C@@]3(C)[C@@H](CC[C@@]3(O)CCC(=O)O)[C@H]12. The molecule has 0 aromatic carbocycles. The lowest BCUT2D eigenvalue weighted by Crippen LogP contribution is -2.56. The van der Waals surface area contributed by atoms with E-state index in [0.717, 1.165) is 38.5 Å². The van der Waals surface area contributed by atoms with Crippen molar-refractivity contribution in [1.29, 1.82) is 0 Å². The molecule has 4 nitrogen and oxygen atoms in total. The lowest BCUT2D eigenvalue weighted by molar-refractivity contribution is -0.149. The molecule has 0 bridgehead atoms. The second-order valence-corrected chi connectivity index (χ2v) is 10.7. The highest BCUT2D eigenvalue weighted by molar-refractivity contribution is 6.01. The molecular formula is C26H36O4. The number of aliphatic carboxylic acids is 1. The second kappa shape index (κ2) is 7.47. The molecule has 2 N–H and O–H groups in total. The van der Waals surface area contributed by atoms with Crippen LogP contribution in [0.4, 0.5) is 0 Å². The van der Waals surface area contributed by atoms with Crippen molar-refractivity contribution in [3.05, 3.63) is 36.5 Å². The topological polar surface area (TPSA) is 74.6 Å². The van der Waals surface area contributed by atoms with Gasteiger partial charge in [0.2, 0.25) is 0 Å². The zero-order valence-electron chi connectivity index (χ0n) is 18.4. The Labute approximate surface area is 180 Å². The summed E-state index contributed by atoms with van der Waals surface area (Å²) in [5, 5.41) is 20.8. The second-order valence-electron chi connectivity index (χ2n) is 10.7. The van der Waals surface area contributed by atoms with Crippen molar-refractivity contribution in [2.45, 2.75) is 77.2 Å². The number of carbonyl (C=O) groups is 2. The van der Waals surface area contributed by atoms with E-state index in [1.807, 2.05) is 12.2 Å². The Morgan fingerprint density at radius 3 is 2.70 bits per heavy atom. The van der Waals surface area contributed by atoms with E-state index in [-0.39, 0.29) is 23.0 Å². The summed E-state index contributed by atoms with van der Waals surface area (Å²) in [6, 6.07) is 0.